The van der Waals surface area contributed by atoms with Gasteiger partial charge in [-0.3, -0.25) is 9.48 Å². The van der Waals surface area contributed by atoms with Crippen molar-refractivity contribution < 1.29 is 4.79 Å². The third-order valence-electron chi connectivity index (χ3n) is 3.52. The van der Waals surface area contributed by atoms with Crippen LogP contribution in [0.4, 0.5) is 0 Å². The molecule has 23 heavy (non-hydrogen) atoms. The molecule has 0 fully saturated rings. The minimum atomic E-state index is -0.103. The zero-order valence-corrected chi connectivity index (χ0v) is 12.6. The highest BCUT2D eigenvalue weighted by Crippen LogP contribution is 2.15. The summed E-state index contributed by atoms with van der Waals surface area (Å²) in [5, 5.41) is 7.08. The van der Waals surface area contributed by atoms with E-state index in [1.165, 1.54) is 6.33 Å². The molecule has 0 spiro atoms. The van der Waals surface area contributed by atoms with Gasteiger partial charge in [-0.2, -0.15) is 5.10 Å². The fourth-order valence-corrected chi connectivity index (χ4v) is 2.36. The van der Waals surface area contributed by atoms with Crippen molar-refractivity contribution in [3.05, 3.63) is 67.3 Å². The lowest BCUT2D eigenvalue weighted by atomic mass is 10.1. The number of nitrogens with one attached hydrogen (secondary N) is 1. The highest BCUT2D eigenvalue weighted by atomic mass is 16.1. The Morgan fingerprint density at radius 3 is 2.74 bits per heavy atom. The number of benzene rings is 1. The monoisotopic (exact) mass is 310 g/mol. The first-order valence-corrected chi connectivity index (χ1v) is 7.44. The molecule has 0 aliphatic carbocycles. The second-order valence-electron chi connectivity index (χ2n) is 5.20. The van der Waals surface area contributed by atoms with Gasteiger partial charge in [0.05, 0.1) is 18.9 Å². The second kappa shape index (κ2) is 7.35. The molecule has 1 unspecified atom stereocenters. The Bertz CT molecular complexity index is 708. The molecular formula is C16H18N6O. The van der Waals surface area contributed by atoms with Crippen molar-refractivity contribution in [3.63, 3.8) is 0 Å². The first-order chi connectivity index (χ1) is 11.3. The summed E-state index contributed by atoms with van der Waals surface area (Å²) in [6, 6.07) is 9.83. The normalized spacial score (nSPS) is 12.0. The van der Waals surface area contributed by atoms with E-state index >= 15 is 0 Å². The molecule has 118 valence electrons. The van der Waals surface area contributed by atoms with Crippen LogP contribution in [0.3, 0.4) is 0 Å². The first kappa shape index (κ1) is 15.0. The van der Waals surface area contributed by atoms with Gasteiger partial charge in [0, 0.05) is 25.4 Å². The van der Waals surface area contributed by atoms with E-state index in [1.807, 2.05) is 41.1 Å². The lowest BCUT2D eigenvalue weighted by Gasteiger charge is -2.20. The molecule has 0 aliphatic heterocycles. The molecule has 0 radical (unpaired) electrons. The number of aryl methyl sites for hydroxylation is 1. The van der Waals surface area contributed by atoms with Gasteiger partial charge in [-0.1, -0.05) is 30.3 Å². The minimum Gasteiger partial charge on any atom is -0.347 e. The topological polar surface area (TPSA) is 77.6 Å². The van der Waals surface area contributed by atoms with Crippen molar-refractivity contribution in [1.82, 2.24) is 29.6 Å². The molecule has 1 N–H and O–H groups in total. The van der Waals surface area contributed by atoms with Crippen molar-refractivity contribution in [2.75, 3.05) is 0 Å². The summed E-state index contributed by atoms with van der Waals surface area (Å²) in [6.07, 6.45) is 8.79. The van der Waals surface area contributed by atoms with Crippen LogP contribution in [0.1, 0.15) is 18.0 Å². The Labute approximate surface area is 134 Å². The van der Waals surface area contributed by atoms with Crippen LogP contribution >= 0.6 is 0 Å². The summed E-state index contributed by atoms with van der Waals surface area (Å²) >= 11 is 0. The van der Waals surface area contributed by atoms with Gasteiger partial charge in [-0.05, 0) is 5.56 Å². The third-order valence-corrected chi connectivity index (χ3v) is 3.52. The molecule has 1 atom stereocenters. The van der Waals surface area contributed by atoms with Crippen molar-refractivity contribution in [2.24, 2.45) is 0 Å². The Morgan fingerprint density at radius 2 is 2.04 bits per heavy atom. The van der Waals surface area contributed by atoms with Gasteiger partial charge in [0.1, 0.15) is 12.7 Å². The van der Waals surface area contributed by atoms with Crippen molar-refractivity contribution >= 4 is 5.91 Å². The van der Waals surface area contributed by atoms with Gasteiger partial charge in [-0.25, -0.2) is 9.97 Å². The van der Waals surface area contributed by atoms with Crippen molar-refractivity contribution in [1.29, 1.82) is 0 Å². The largest absolute Gasteiger partial charge is 0.347 e. The highest BCUT2D eigenvalue weighted by molar-refractivity contribution is 5.76. The number of rotatable bonds is 7. The van der Waals surface area contributed by atoms with Gasteiger partial charge in [0.25, 0.3) is 0 Å². The van der Waals surface area contributed by atoms with Crippen LogP contribution < -0.4 is 5.32 Å². The summed E-state index contributed by atoms with van der Waals surface area (Å²) in [4.78, 5) is 20.2. The van der Waals surface area contributed by atoms with Crippen molar-refractivity contribution in [3.8, 4) is 0 Å². The Hall–Kier alpha value is -2.96. The van der Waals surface area contributed by atoms with E-state index in [2.05, 4.69) is 20.4 Å². The summed E-state index contributed by atoms with van der Waals surface area (Å²) in [5.74, 6) is -0.0190. The fourth-order valence-electron chi connectivity index (χ4n) is 2.36. The van der Waals surface area contributed by atoms with Crippen LogP contribution in [0.2, 0.25) is 0 Å². The fraction of sp³-hybridized carbons (Fsp3) is 0.250. The molecule has 1 amide bonds. The maximum Gasteiger partial charge on any atom is 0.222 e. The second-order valence-corrected chi connectivity index (χ2v) is 5.20. The predicted molar refractivity (Wildman–Crippen MR) is 84.2 cm³/mol. The number of carbonyl (C=O) groups is 1. The minimum absolute atomic E-state index is 0.0190. The van der Waals surface area contributed by atoms with Gasteiger partial charge in [-0.15, -0.1) is 0 Å². The van der Waals surface area contributed by atoms with E-state index < -0.39 is 0 Å². The highest BCUT2D eigenvalue weighted by Gasteiger charge is 2.15. The van der Waals surface area contributed by atoms with E-state index in [4.69, 9.17) is 0 Å². The SMILES string of the molecule is O=C(CCn1cncn1)NC(Cn1ccnc1)c1ccccc1. The number of amides is 1. The summed E-state index contributed by atoms with van der Waals surface area (Å²) in [6.45, 7) is 1.15. The van der Waals surface area contributed by atoms with Gasteiger partial charge in [0.15, 0.2) is 0 Å². The van der Waals surface area contributed by atoms with E-state index in [1.54, 1.807) is 23.5 Å². The molecule has 7 nitrogen and oxygen atoms in total. The number of hydrogen-bond donors (Lipinski definition) is 1. The Balaban J connectivity index is 1.64. The zero-order chi connectivity index (χ0) is 15.9. The summed E-state index contributed by atoms with van der Waals surface area (Å²) < 4.78 is 3.60. The first-order valence-electron chi connectivity index (χ1n) is 7.44. The Morgan fingerprint density at radius 1 is 1.17 bits per heavy atom. The molecule has 1 aromatic carbocycles. The van der Waals surface area contributed by atoms with Gasteiger partial charge < -0.3 is 9.88 Å². The maximum atomic E-state index is 12.3. The average Bonchev–Trinajstić information content (AvgIpc) is 3.27. The Kier molecular flexibility index (Phi) is 4.78. The van der Waals surface area contributed by atoms with Crippen molar-refractivity contribution in [2.45, 2.75) is 25.6 Å². The smallest absolute Gasteiger partial charge is 0.222 e. The number of hydrogen-bond acceptors (Lipinski definition) is 4. The predicted octanol–water partition coefficient (Wildman–Crippen LogP) is 1.42. The molecule has 0 saturated carbocycles. The van der Waals surface area contributed by atoms with Crippen LogP contribution in [-0.4, -0.2) is 30.2 Å². The third kappa shape index (κ3) is 4.26. The maximum absolute atomic E-state index is 12.3. The molecule has 2 aromatic heterocycles. The van der Waals surface area contributed by atoms with Gasteiger partial charge >= 0.3 is 0 Å². The molecule has 0 bridgehead atoms. The molecule has 0 saturated heterocycles. The van der Waals surface area contributed by atoms with Crippen LogP contribution in [0.15, 0.2) is 61.7 Å². The molecule has 2 heterocycles. The van der Waals surface area contributed by atoms with E-state index in [9.17, 15) is 4.79 Å². The average molecular weight is 310 g/mol. The molecule has 3 rings (SSSR count). The van der Waals surface area contributed by atoms with Crippen LogP contribution in [-0.2, 0) is 17.9 Å². The number of nitrogens with zero attached hydrogens (tertiary/aromatic N) is 5. The van der Waals surface area contributed by atoms with E-state index in [0.29, 0.717) is 19.5 Å². The van der Waals surface area contributed by atoms with E-state index in [0.717, 1.165) is 5.56 Å². The lowest BCUT2D eigenvalue weighted by molar-refractivity contribution is -0.122. The zero-order valence-electron chi connectivity index (χ0n) is 12.6. The number of aromatic nitrogens is 5. The quantitative estimate of drug-likeness (QED) is 0.716. The number of imidazole rings is 1. The molecule has 7 heteroatoms. The van der Waals surface area contributed by atoms with Gasteiger partial charge in [0.2, 0.25) is 5.91 Å². The molecule has 0 aliphatic rings. The van der Waals surface area contributed by atoms with Crippen LogP contribution in [0.25, 0.3) is 0 Å². The molecular weight excluding hydrogens is 292 g/mol. The lowest BCUT2D eigenvalue weighted by Crippen LogP contribution is -2.31. The number of carbonyl (C=O) groups excluding carboxylic acids is 1. The van der Waals surface area contributed by atoms with E-state index in [-0.39, 0.29) is 11.9 Å². The van der Waals surface area contributed by atoms with Crippen LogP contribution in [0, 0.1) is 0 Å². The molecule has 3 aromatic rings. The standard InChI is InChI=1S/C16H18N6O/c23-16(6-8-22-13-18-11-19-22)20-15(10-21-9-7-17-12-21)14-4-2-1-3-5-14/h1-5,7,9,11-13,15H,6,8,10H2,(H,20,23). The summed E-state index contributed by atoms with van der Waals surface area (Å²) in [7, 11) is 0. The summed E-state index contributed by atoms with van der Waals surface area (Å²) in [5.41, 5.74) is 1.07. The van der Waals surface area contributed by atoms with Crippen LogP contribution in [0.5, 0.6) is 0 Å².